The SMILES string of the molecule is CCCN1C(=S)NC(c2cc(Cl)c(OC)c(OCC)c2)C2=C1CCCC2=O. The van der Waals surface area contributed by atoms with Crippen molar-refractivity contribution < 1.29 is 14.3 Å². The first-order chi connectivity index (χ1) is 13.0. The van der Waals surface area contributed by atoms with Crippen LogP contribution in [0.3, 0.4) is 0 Å². The number of benzene rings is 1. The number of thiocarbonyl (C=S) groups is 1. The second-order valence-electron chi connectivity index (χ2n) is 6.64. The molecule has 0 aromatic heterocycles. The Balaban J connectivity index is 2.11. The molecule has 7 heteroatoms. The number of ketones is 1. The first kappa shape index (κ1) is 20.0. The van der Waals surface area contributed by atoms with Gasteiger partial charge in [0.1, 0.15) is 0 Å². The van der Waals surface area contributed by atoms with Crippen molar-refractivity contribution in [3.8, 4) is 11.5 Å². The third-order valence-corrected chi connectivity index (χ3v) is 5.49. The van der Waals surface area contributed by atoms with Gasteiger partial charge in [0.05, 0.1) is 24.8 Å². The van der Waals surface area contributed by atoms with Crippen LogP contribution in [0.1, 0.15) is 51.1 Å². The fourth-order valence-corrected chi connectivity index (χ4v) is 4.39. The van der Waals surface area contributed by atoms with Crippen LogP contribution in [0.15, 0.2) is 23.4 Å². The average Bonchev–Trinajstić information content (AvgIpc) is 2.64. The summed E-state index contributed by atoms with van der Waals surface area (Å²) in [5, 5.41) is 4.46. The highest BCUT2D eigenvalue weighted by atomic mass is 35.5. The van der Waals surface area contributed by atoms with Gasteiger partial charge in [-0.2, -0.15) is 0 Å². The first-order valence-electron chi connectivity index (χ1n) is 9.36. The van der Waals surface area contributed by atoms with Crippen molar-refractivity contribution in [2.45, 2.75) is 45.6 Å². The number of Topliss-reactive ketones (excluding diaryl/α,β-unsaturated/α-hetero) is 1. The Hall–Kier alpha value is -1.79. The van der Waals surface area contributed by atoms with Crippen LogP contribution in [-0.4, -0.2) is 36.1 Å². The Morgan fingerprint density at radius 2 is 2.11 bits per heavy atom. The number of ether oxygens (including phenoxy) is 2. The summed E-state index contributed by atoms with van der Waals surface area (Å²) in [4.78, 5) is 14.9. The van der Waals surface area contributed by atoms with E-state index >= 15 is 0 Å². The highest BCUT2D eigenvalue weighted by Gasteiger charge is 2.37. The molecule has 0 saturated heterocycles. The fraction of sp³-hybridized carbons (Fsp3) is 0.500. The minimum Gasteiger partial charge on any atom is -0.491 e. The number of rotatable bonds is 6. The Labute approximate surface area is 170 Å². The van der Waals surface area contributed by atoms with Gasteiger partial charge in [-0.05, 0) is 56.1 Å². The molecule has 1 aromatic rings. The summed E-state index contributed by atoms with van der Waals surface area (Å²) in [5.41, 5.74) is 2.70. The predicted molar refractivity (Wildman–Crippen MR) is 111 cm³/mol. The summed E-state index contributed by atoms with van der Waals surface area (Å²) >= 11 is 12.1. The molecule has 146 valence electrons. The summed E-state index contributed by atoms with van der Waals surface area (Å²) in [5.74, 6) is 1.23. The van der Waals surface area contributed by atoms with Crippen LogP contribution < -0.4 is 14.8 Å². The third-order valence-electron chi connectivity index (χ3n) is 4.87. The fourth-order valence-electron chi connectivity index (χ4n) is 3.78. The van der Waals surface area contributed by atoms with Gasteiger partial charge >= 0.3 is 0 Å². The van der Waals surface area contributed by atoms with E-state index in [1.54, 1.807) is 7.11 Å². The lowest BCUT2D eigenvalue weighted by atomic mass is 9.84. The molecule has 2 aliphatic rings. The number of carbonyl (C=O) groups is 1. The zero-order valence-corrected chi connectivity index (χ0v) is 17.5. The van der Waals surface area contributed by atoms with Crippen molar-refractivity contribution in [3.63, 3.8) is 0 Å². The number of nitrogens with zero attached hydrogens (tertiary/aromatic N) is 1. The van der Waals surface area contributed by atoms with Gasteiger partial charge in [-0.3, -0.25) is 4.79 Å². The Kier molecular flexibility index (Phi) is 6.27. The molecule has 0 radical (unpaired) electrons. The van der Waals surface area contributed by atoms with E-state index in [9.17, 15) is 4.79 Å². The molecule has 0 bridgehead atoms. The summed E-state index contributed by atoms with van der Waals surface area (Å²) < 4.78 is 11.1. The summed E-state index contributed by atoms with van der Waals surface area (Å²) in [6.07, 6.45) is 3.24. The number of methoxy groups -OCH3 is 1. The van der Waals surface area contributed by atoms with Gasteiger partial charge in [0, 0.05) is 24.2 Å². The molecule has 5 nitrogen and oxygen atoms in total. The van der Waals surface area contributed by atoms with Crippen molar-refractivity contribution in [2.24, 2.45) is 0 Å². The molecule has 0 amide bonds. The van der Waals surface area contributed by atoms with Crippen LogP contribution in [0.25, 0.3) is 0 Å². The highest BCUT2D eigenvalue weighted by Crippen LogP contribution is 2.42. The Morgan fingerprint density at radius 3 is 2.78 bits per heavy atom. The minimum atomic E-state index is -0.323. The van der Waals surface area contributed by atoms with Crippen LogP contribution in [0.2, 0.25) is 5.02 Å². The lowest BCUT2D eigenvalue weighted by Crippen LogP contribution is -2.49. The van der Waals surface area contributed by atoms with E-state index in [0.29, 0.717) is 34.7 Å². The molecule has 1 heterocycles. The molecule has 1 unspecified atom stereocenters. The Bertz CT molecular complexity index is 794. The molecule has 0 spiro atoms. The summed E-state index contributed by atoms with van der Waals surface area (Å²) in [7, 11) is 1.56. The van der Waals surface area contributed by atoms with Crippen molar-refractivity contribution in [1.82, 2.24) is 10.2 Å². The maximum Gasteiger partial charge on any atom is 0.179 e. The molecular weight excluding hydrogens is 384 g/mol. The second-order valence-corrected chi connectivity index (χ2v) is 7.43. The molecule has 1 N–H and O–H groups in total. The van der Waals surface area contributed by atoms with Crippen LogP contribution in [0, 0.1) is 0 Å². The van der Waals surface area contributed by atoms with E-state index in [4.69, 9.17) is 33.3 Å². The molecule has 0 saturated carbocycles. The largest absolute Gasteiger partial charge is 0.491 e. The van der Waals surface area contributed by atoms with Crippen molar-refractivity contribution >= 4 is 34.7 Å². The normalized spacial score (nSPS) is 19.7. The molecule has 3 rings (SSSR count). The van der Waals surface area contributed by atoms with Gasteiger partial charge in [-0.15, -0.1) is 0 Å². The number of halogens is 1. The van der Waals surface area contributed by atoms with Gasteiger partial charge < -0.3 is 19.7 Å². The minimum absolute atomic E-state index is 0.169. The Morgan fingerprint density at radius 1 is 1.33 bits per heavy atom. The van der Waals surface area contributed by atoms with Crippen LogP contribution >= 0.6 is 23.8 Å². The maximum atomic E-state index is 12.8. The van der Waals surface area contributed by atoms with Crippen LogP contribution in [0.4, 0.5) is 0 Å². The van der Waals surface area contributed by atoms with Gasteiger partial charge in [-0.25, -0.2) is 0 Å². The smallest absolute Gasteiger partial charge is 0.179 e. The number of nitrogens with one attached hydrogen (secondary N) is 1. The monoisotopic (exact) mass is 408 g/mol. The highest BCUT2D eigenvalue weighted by molar-refractivity contribution is 7.80. The molecule has 1 aromatic carbocycles. The predicted octanol–water partition coefficient (Wildman–Crippen LogP) is 4.40. The molecule has 1 aliphatic carbocycles. The van der Waals surface area contributed by atoms with Crippen LogP contribution in [-0.2, 0) is 4.79 Å². The lowest BCUT2D eigenvalue weighted by molar-refractivity contribution is -0.116. The van der Waals surface area contributed by atoms with E-state index in [-0.39, 0.29) is 11.8 Å². The molecule has 1 atom stereocenters. The summed E-state index contributed by atoms with van der Waals surface area (Å²) in [6, 6.07) is 3.39. The molecular formula is C20H25ClN2O3S. The number of carbonyl (C=O) groups excluding carboxylic acids is 1. The standard InChI is InChI=1S/C20H25ClN2O3S/c1-4-9-23-14-7-6-8-15(24)17(14)18(22-20(23)27)12-10-13(21)19(25-3)16(11-12)26-5-2/h10-11,18H,4-9H2,1-3H3,(H,22,27). The van der Waals surface area contributed by atoms with Crippen molar-refractivity contribution in [2.75, 3.05) is 20.3 Å². The molecule has 0 fully saturated rings. The van der Waals surface area contributed by atoms with Gasteiger partial charge in [-0.1, -0.05) is 18.5 Å². The molecule has 1 aliphatic heterocycles. The van der Waals surface area contributed by atoms with Crippen molar-refractivity contribution in [3.05, 3.63) is 34.0 Å². The van der Waals surface area contributed by atoms with E-state index in [2.05, 4.69) is 17.1 Å². The van der Waals surface area contributed by atoms with E-state index < -0.39 is 0 Å². The zero-order chi connectivity index (χ0) is 19.6. The lowest BCUT2D eigenvalue weighted by Gasteiger charge is -2.41. The van der Waals surface area contributed by atoms with Gasteiger partial charge in [0.15, 0.2) is 22.4 Å². The zero-order valence-electron chi connectivity index (χ0n) is 15.9. The first-order valence-corrected chi connectivity index (χ1v) is 10.1. The topological polar surface area (TPSA) is 50.8 Å². The van der Waals surface area contributed by atoms with Gasteiger partial charge in [0.2, 0.25) is 0 Å². The average molecular weight is 409 g/mol. The maximum absolute atomic E-state index is 12.8. The number of allylic oxidation sites excluding steroid dienone is 1. The second kappa shape index (κ2) is 8.48. The van der Waals surface area contributed by atoms with E-state index in [1.165, 1.54) is 0 Å². The van der Waals surface area contributed by atoms with Gasteiger partial charge in [0.25, 0.3) is 0 Å². The van der Waals surface area contributed by atoms with E-state index in [1.807, 2.05) is 19.1 Å². The number of hydrogen-bond donors (Lipinski definition) is 1. The quantitative estimate of drug-likeness (QED) is 0.704. The van der Waals surface area contributed by atoms with E-state index in [0.717, 1.165) is 42.6 Å². The summed E-state index contributed by atoms with van der Waals surface area (Å²) in [6.45, 7) is 5.31. The number of hydrogen-bond acceptors (Lipinski definition) is 4. The van der Waals surface area contributed by atoms with Crippen molar-refractivity contribution in [1.29, 1.82) is 0 Å². The molecule has 27 heavy (non-hydrogen) atoms. The van der Waals surface area contributed by atoms with Crippen LogP contribution in [0.5, 0.6) is 11.5 Å². The third kappa shape index (κ3) is 3.78.